The summed E-state index contributed by atoms with van der Waals surface area (Å²) in [5.74, 6) is 1.38. The summed E-state index contributed by atoms with van der Waals surface area (Å²) >= 11 is 0. The molecule has 0 N–H and O–H groups in total. The molecule has 0 amide bonds. The molecule has 0 saturated carbocycles. The van der Waals surface area contributed by atoms with Crippen LogP contribution in [0.25, 0.3) is 0 Å². The molecule has 4 rings (SSSR count). The number of rotatable bonds is 6. The topological polar surface area (TPSA) is 56.7 Å². The van der Waals surface area contributed by atoms with Gasteiger partial charge in [0.25, 0.3) is 0 Å². The van der Waals surface area contributed by atoms with Crippen LogP contribution in [0.15, 0.2) is 30.6 Å². The Labute approximate surface area is 190 Å². The van der Waals surface area contributed by atoms with Crippen LogP contribution in [0.5, 0.6) is 5.75 Å². The van der Waals surface area contributed by atoms with Crippen molar-refractivity contribution in [3.05, 3.63) is 42.0 Å². The van der Waals surface area contributed by atoms with Gasteiger partial charge < -0.3 is 18.9 Å². The third-order valence-corrected chi connectivity index (χ3v) is 6.96. The molecule has 2 fully saturated rings. The van der Waals surface area contributed by atoms with Gasteiger partial charge in [0.15, 0.2) is 0 Å². The molecule has 2 saturated heterocycles. The van der Waals surface area contributed by atoms with Gasteiger partial charge in [0.2, 0.25) is 5.95 Å². The summed E-state index contributed by atoms with van der Waals surface area (Å²) < 4.78 is 32.7. The van der Waals surface area contributed by atoms with Crippen molar-refractivity contribution in [2.24, 2.45) is 5.92 Å². The number of anilines is 1. The van der Waals surface area contributed by atoms with Gasteiger partial charge in [-0.1, -0.05) is 13.0 Å². The minimum absolute atomic E-state index is 0.372. The molecule has 0 spiro atoms. The van der Waals surface area contributed by atoms with Gasteiger partial charge in [-0.25, -0.2) is 14.4 Å². The highest BCUT2D eigenvalue weighted by molar-refractivity contribution is 6.62. The lowest BCUT2D eigenvalue weighted by Gasteiger charge is -2.32. The standard InChI is InChI=1S/C24H33BFN3O3/c1-6-17-14-27-22(28-15-17)29-11-9-18(10-12-29)16-30-19-7-8-20(21(26)13-19)25-31-23(2,3)24(4,5)32-25/h7-8,13-15,18H,6,9-12,16H2,1-5H3. The fourth-order valence-corrected chi connectivity index (χ4v) is 3.97. The van der Waals surface area contributed by atoms with Crippen molar-refractivity contribution < 1.29 is 18.4 Å². The van der Waals surface area contributed by atoms with E-state index in [2.05, 4.69) is 21.8 Å². The molecule has 0 unspecified atom stereocenters. The zero-order valence-corrected chi connectivity index (χ0v) is 19.7. The second-order valence-electron chi connectivity index (χ2n) is 9.76. The number of aryl methyl sites for hydroxylation is 1. The Morgan fingerprint density at radius 2 is 1.72 bits per heavy atom. The molecular formula is C24H33BFN3O3. The van der Waals surface area contributed by atoms with E-state index >= 15 is 0 Å². The van der Waals surface area contributed by atoms with Gasteiger partial charge in [0, 0.05) is 37.0 Å². The lowest BCUT2D eigenvalue weighted by molar-refractivity contribution is 0.00578. The van der Waals surface area contributed by atoms with Gasteiger partial charge in [0.05, 0.1) is 17.8 Å². The molecule has 3 heterocycles. The van der Waals surface area contributed by atoms with E-state index in [1.807, 2.05) is 40.1 Å². The molecule has 0 atom stereocenters. The van der Waals surface area contributed by atoms with E-state index in [9.17, 15) is 4.39 Å². The number of halogens is 1. The summed E-state index contributed by atoms with van der Waals surface area (Å²) in [4.78, 5) is 11.2. The monoisotopic (exact) mass is 441 g/mol. The lowest BCUT2D eigenvalue weighted by Crippen LogP contribution is -2.41. The first kappa shape index (κ1) is 23.0. The van der Waals surface area contributed by atoms with E-state index in [0.717, 1.165) is 43.9 Å². The quantitative estimate of drug-likeness (QED) is 0.637. The van der Waals surface area contributed by atoms with Crippen molar-refractivity contribution in [1.29, 1.82) is 0 Å². The average molecular weight is 441 g/mol. The molecule has 0 aliphatic carbocycles. The Morgan fingerprint density at radius 3 is 2.28 bits per heavy atom. The van der Waals surface area contributed by atoms with Crippen LogP contribution in [0.3, 0.4) is 0 Å². The number of piperidine rings is 1. The van der Waals surface area contributed by atoms with Crippen LogP contribution in [-0.4, -0.2) is 48.0 Å². The molecule has 172 valence electrons. The number of benzene rings is 1. The predicted octanol–water partition coefficient (Wildman–Crippen LogP) is 3.77. The Hall–Kier alpha value is -2.19. The molecule has 6 nitrogen and oxygen atoms in total. The lowest BCUT2D eigenvalue weighted by atomic mass is 9.78. The molecule has 2 aliphatic heterocycles. The minimum atomic E-state index is -0.716. The van der Waals surface area contributed by atoms with E-state index in [1.54, 1.807) is 12.1 Å². The Kier molecular flexibility index (Phi) is 6.45. The van der Waals surface area contributed by atoms with Crippen molar-refractivity contribution in [3.8, 4) is 5.75 Å². The van der Waals surface area contributed by atoms with E-state index < -0.39 is 18.3 Å². The van der Waals surface area contributed by atoms with Crippen LogP contribution in [-0.2, 0) is 15.7 Å². The van der Waals surface area contributed by atoms with E-state index in [-0.39, 0.29) is 5.82 Å². The third kappa shape index (κ3) is 4.76. The van der Waals surface area contributed by atoms with Gasteiger partial charge in [-0.15, -0.1) is 0 Å². The van der Waals surface area contributed by atoms with Crippen LogP contribution in [0.1, 0.15) is 53.0 Å². The summed E-state index contributed by atoms with van der Waals surface area (Å²) in [7, 11) is -0.716. The van der Waals surface area contributed by atoms with Crippen molar-refractivity contribution in [1.82, 2.24) is 9.97 Å². The number of hydrogen-bond acceptors (Lipinski definition) is 6. The molecule has 0 radical (unpaired) electrons. The predicted molar refractivity (Wildman–Crippen MR) is 124 cm³/mol. The van der Waals surface area contributed by atoms with Gasteiger partial charge in [-0.2, -0.15) is 0 Å². The maximum atomic E-state index is 14.8. The summed E-state index contributed by atoms with van der Waals surface area (Å²) in [5.41, 5.74) is 0.543. The van der Waals surface area contributed by atoms with E-state index in [0.29, 0.717) is 23.7 Å². The summed E-state index contributed by atoms with van der Waals surface area (Å²) in [6, 6.07) is 4.92. The fourth-order valence-electron chi connectivity index (χ4n) is 3.97. The number of aromatic nitrogens is 2. The first-order chi connectivity index (χ1) is 15.2. The molecule has 2 aromatic rings. The van der Waals surface area contributed by atoms with Crippen LogP contribution < -0.4 is 15.1 Å². The normalized spacial score (nSPS) is 20.6. The van der Waals surface area contributed by atoms with Crippen LogP contribution in [0.4, 0.5) is 10.3 Å². The highest BCUT2D eigenvalue weighted by Gasteiger charge is 2.52. The summed E-state index contributed by atoms with van der Waals surface area (Å²) in [6.45, 7) is 12.3. The van der Waals surface area contributed by atoms with E-state index in [1.165, 1.54) is 6.07 Å². The number of nitrogens with zero attached hydrogens (tertiary/aromatic N) is 3. The van der Waals surface area contributed by atoms with Gasteiger partial charge in [0.1, 0.15) is 11.6 Å². The SMILES string of the molecule is CCc1cnc(N2CCC(COc3ccc(B4OC(C)(C)C(C)(C)O4)c(F)c3)CC2)nc1. The van der Waals surface area contributed by atoms with Crippen LogP contribution in [0, 0.1) is 11.7 Å². The van der Waals surface area contributed by atoms with Crippen LogP contribution in [0.2, 0.25) is 0 Å². The zero-order chi connectivity index (χ0) is 22.9. The van der Waals surface area contributed by atoms with Crippen molar-refractivity contribution in [2.45, 2.75) is 65.1 Å². The third-order valence-electron chi connectivity index (χ3n) is 6.96. The molecule has 2 aliphatic rings. The van der Waals surface area contributed by atoms with Gasteiger partial charge >= 0.3 is 7.12 Å². The highest BCUT2D eigenvalue weighted by Crippen LogP contribution is 2.36. The molecule has 8 heteroatoms. The Bertz CT molecular complexity index is 915. The summed E-state index contributed by atoms with van der Waals surface area (Å²) in [6.07, 6.45) is 6.73. The Balaban J connectivity index is 1.29. The van der Waals surface area contributed by atoms with Crippen LogP contribution >= 0.6 is 0 Å². The van der Waals surface area contributed by atoms with Gasteiger partial charge in [-0.3, -0.25) is 0 Å². The smallest absolute Gasteiger partial charge is 0.493 e. The second-order valence-corrected chi connectivity index (χ2v) is 9.76. The molecule has 32 heavy (non-hydrogen) atoms. The maximum Gasteiger partial charge on any atom is 0.497 e. The first-order valence-corrected chi connectivity index (χ1v) is 11.5. The Morgan fingerprint density at radius 1 is 1.09 bits per heavy atom. The highest BCUT2D eigenvalue weighted by atomic mass is 19.1. The number of hydrogen-bond donors (Lipinski definition) is 0. The molecule has 1 aromatic heterocycles. The van der Waals surface area contributed by atoms with E-state index in [4.69, 9.17) is 14.0 Å². The average Bonchev–Trinajstić information content (AvgIpc) is 2.99. The van der Waals surface area contributed by atoms with Crippen molar-refractivity contribution >= 4 is 18.5 Å². The van der Waals surface area contributed by atoms with Gasteiger partial charge in [-0.05, 0) is 64.5 Å². The second kappa shape index (κ2) is 8.98. The van der Waals surface area contributed by atoms with Crippen molar-refractivity contribution in [2.75, 3.05) is 24.6 Å². The minimum Gasteiger partial charge on any atom is -0.493 e. The zero-order valence-electron chi connectivity index (χ0n) is 19.7. The largest absolute Gasteiger partial charge is 0.497 e. The van der Waals surface area contributed by atoms with Crippen molar-refractivity contribution in [3.63, 3.8) is 0 Å². The molecule has 0 bridgehead atoms. The maximum absolute atomic E-state index is 14.8. The first-order valence-electron chi connectivity index (χ1n) is 11.5. The number of ether oxygens (including phenoxy) is 1. The summed E-state index contributed by atoms with van der Waals surface area (Å²) in [5, 5.41) is 0. The molecular weight excluding hydrogens is 408 g/mol. The fraction of sp³-hybridized carbons (Fsp3) is 0.583. The molecule has 1 aromatic carbocycles.